The Bertz CT molecular complexity index is 516. The summed E-state index contributed by atoms with van der Waals surface area (Å²) in [6, 6.07) is 3.02. The number of pyridine rings is 1. The normalized spacial score (nSPS) is 26.0. The maximum absolute atomic E-state index is 12.2. The quantitative estimate of drug-likeness (QED) is 0.888. The molecule has 1 aliphatic carbocycles. The van der Waals surface area contributed by atoms with Crippen molar-refractivity contribution in [2.75, 3.05) is 0 Å². The number of carboxylic acid groups (broad SMARTS) is 1. The summed E-state index contributed by atoms with van der Waals surface area (Å²) in [7, 11) is 0. The highest BCUT2D eigenvalue weighted by Crippen LogP contribution is 2.28. The topological polar surface area (TPSA) is 79.3 Å². The van der Waals surface area contributed by atoms with Gasteiger partial charge in [-0.3, -0.25) is 4.79 Å². The summed E-state index contributed by atoms with van der Waals surface area (Å²) in [6.07, 6.45) is 4.56. The molecule has 0 aliphatic heterocycles. The van der Waals surface area contributed by atoms with Crippen LogP contribution < -0.4 is 5.32 Å². The standard InChI is InChI=1S/C15H20N2O3/c1-9-3-4-12(10(2)7-9)17-14(18)11-5-6-16-13(8-11)15(19)20/h5-6,8-10,12H,3-4,7H2,1-2H3,(H,17,18)(H,19,20). The molecule has 0 spiro atoms. The highest BCUT2D eigenvalue weighted by molar-refractivity contribution is 5.96. The minimum absolute atomic E-state index is 0.108. The number of aromatic carboxylic acids is 1. The highest BCUT2D eigenvalue weighted by Gasteiger charge is 2.26. The fourth-order valence-electron chi connectivity index (χ4n) is 2.82. The Morgan fingerprint density at radius 2 is 2.10 bits per heavy atom. The van der Waals surface area contributed by atoms with E-state index in [0.717, 1.165) is 19.3 Å². The van der Waals surface area contributed by atoms with Crippen molar-refractivity contribution in [3.63, 3.8) is 0 Å². The molecule has 0 aromatic carbocycles. The lowest BCUT2D eigenvalue weighted by molar-refractivity contribution is 0.0690. The molecule has 20 heavy (non-hydrogen) atoms. The fourth-order valence-corrected chi connectivity index (χ4v) is 2.82. The van der Waals surface area contributed by atoms with Crippen LogP contribution in [-0.2, 0) is 0 Å². The smallest absolute Gasteiger partial charge is 0.354 e. The van der Waals surface area contributed by atoms with E-state index >= 15 is 0 Å². The van der Waals surface area contributed by atoms with Gasteiger partial charge >= 0.3 is 5.97 Å². The predicted octanol–water partition coefficient (Wildman–Crippen LogP) is 2.33. The molecule has 108 valence electrons. The van der Waals surface area contributed by atoms with Crippen LogP contribution in [0.1, 0.15) is 54.0 Å². The van der Waals surface area contributed by atoms with E-state index in [1.54, 1.807) is 0 Å². The van der Waals surface area contributed by atoms with E-state index in [1.165, 1.54) is 18.3 Å². The molecular weight excluding hydrogens is 256 g/mol. The van der Waals surface area contributed by atoms with E-state index < -0.39 is 5.97 Å². The third kappa shape index (κ3) is 3.35. The van der Waals surface area contributed by atoms with Crippen LogP contribution in [0.2, 0.25) is 0 Å². The van der Waals surface area contributed by atoms with Gasteiger partial charge in [0.1, 0.15) is 5.69 Å². The number of carboxylic acids is 1. The summed E-state index contributed by atoms with van der Waals surface area (Å²) in [5.41, 5.74) is 0.242. The molecule has 5 heteroatoms. The first-order chi connectivity index (χ1) is 9.47. The third-order valence-corrected chi connectivity index (χ3v) is 3.99. The molecule has 0 bridgehead atoms. The number of aromatic nitrogens is 1. The van der Waals surface area contributed by atoms with Crippen molar-refractivity contribution < 1.29 is 14.7 Å². The van der Waals surface area contributed by atoms with E-state index in [2.05, 4.69) is 24.1 Å². The second-order valence-electron chi connectivity index (χ2n) is 5.71. The summed E-state index contributed by atoms with van der Waals surface area (Å²) < 4.78 is 0. The lowest BCUT2D eigenvalue weighted by Gasteiger charge is -2.33. The van der Waals surface area contributed by atoms with Crippen LogP contribution in [0.3, 0.4) is 0 Å². The lowest BCUT2D eigenvalue weighted by Crippen LogP contribution is -2.42. The number of amides is 1. The number of hydrogen-bond acceptors (Lipinski definition) is 3. The number of nitrogens with zero attached hydrogens (tertiary/aromatic N) is 1. The molecule has 1 amide bonds. The molecule has 2 N–H and O–H groups in total. The van der Waals surface area contributed by atoms with Gasteiger partial charge < -0.3 is 10.4 Å². The Kier molecular flexibility index (Phi) is 4.37. The summed E-state index contributed by atoms with van der Waals surface area (Å²) in [4.78, 5) is 26.8. The van der Waals surface area contributed by atoms with Crippen molar-refractivity contribution in [1.82, 2.24) is 10.3 Å². The average molecular weight is 276 g/mol. The van der Waals surface area contributed by atoms with Crippen molar-refractivity contribution in [1.29, 1.82) is 0 Å². The number of hydrogen-bond donors (Lipinski definition) is 2. The van der Waals surface area contributed by atoms with Crippen LogP contribution in [0.15, 0.2) is 18.3 Å². The molecule has 0 saturated heterocycles. The minimum Gasteiger partial charge on any atom is -0.477 e. The zero-order valence-electron chi connectivity index (χ0n) is 11.8. The highest BCUT2D eigenvalue weighted by atomic mass is 16.4. The molecule has 5 nitrogen and oxygen atoms in total. The van der Waals surface area contributed by atoms with Gasteiger partial charge in [0.05, 0.1) is 0 Å². The second kappa shape index (κ2) is 6.03. The molecule has 2 rings (SSSR count). The maximum atomic E-state index is 12.2. The Morgan fingerprint density at radius 1 is 1.35 bits per heavy atom. The van der Waals surface area contributed by atoms with Crippen LogP contribution in [0.4, 0.5) is 0 Å². The zero-order valence-corrected chi connectivity index (χ0v) is 11.8. The van der Waals surface area contributed by atoms with Crippen molar-refractivity contribution in [2.24, 2.45) is 11.8 Å². The fraction of sp³-hybridized carbons (Fsp3) is 0.533. The first-order valence-electron chi connectivity index (χ1n) is 6.97. The number of rotatable bonds is 3. The largest absolute Gasteiger partial charge is 0.477 e. The molecule has 1 aromatic heterocycles. The molecule has 1 aromatic rings. The van der Waals surface area contributed by atoms with Gasteiger partial charge in [-0.1, -0.05) is 13.8 Å². The van der Waals surface area contributed by atoms with Crippen molar-refractivity contribution in [2.45, 2.75) is 39.2 Å². The van der Waals surface area contributed by atoms with Crippen LogP contribution in [-0.4, -0.2) is 28.0 Å². The average Bonchev–Trinajstić information content (AvgIpc) is 2.42. The van der Waals surface area contributed by atoms with E-state index in [4.69, 9.17) is 5.11 Å². The van der Waals surface area contributed by atoms with E-state index in [0.29, 0.717) is 17.4 Å². The van der Waals surface area contributed by atoms with Gasteiger partial charge in [0, 0.05) is 17.8 Å². The number of carbonyl (C=O) groups is 2. The molecule has 0 radical (unpaired) electrons. The second-order valence-corrected chi connectivity index (χ2v) is 5.71. The van der Waals surface area contributed by atoms with Crippen molar-refractivity contribution >= 4 is 11.9 Å². The lowest BCUT2D eigenvalue weighted by atomic mass is 9.80. The van der Waals surface area contributed by atoms with Crippen molar-refractivity contribution in [3.8, 4) is 0 Å². The van der Waals surface area contributed by atoms with Gasteiger partial charge in [-0.2, -0.15) is 0 Å². The Balaban J connectivity index is 2.05. The summed E-state index contributed by atoms with van der Waals surface area (Å²) >= 11 is 0. The summed E-state index contributed by atoms with van der Waals surface area (Å²) in [6.45, 7) is 4.38. The first-order valence-corrected chi connectivity index (χ1v) is 6.97. The van der Waals surface area contributed by atoms with Crippen LogP contribution >= 0.6 is 0 Å². The van der Waals surface area contributed by atoms with Gasteiger partial charge in [-0.15, -0.1) is 0 Å². The molecule has 3 atom stereocenters. The monoisotopic (exact) mass is 276 g/mol. The molecule has 1 saturated carbocycles. The van der Waals surface area contributed by atoms with Crippen LogP contribution in [0, 0.1) is 11.8 Å². The molecule has 1 aliphatic rings. The van der Waals surface area contributed by atoms with Crippen molar-refractivity contribution in [3.05, 3.63) is 29.6 Å². The van der Waals surface area contributed by atoms with E-state index in [1.807, 2.05) is 0 Å². The Labute approximate surface area is 118 Å². The van der Waals surface area contributed by atoms with Gasteiger partial charge in [0.15, 0.2) is 0 Å². The van der Waals surface area contributed by atoms with E-state index in [9.17, 15) is 9.59 Å². The molecule has 3 unspecified atom stereocenters. The van der Waals surface area contributed by atoms with E-state index in [-0.39, 0.29) is 17.6 Å². The number of carbonyl (C=O) groups excluding carboxylic acids is 1. The van der Waals surface area contributed by atoms with Gasteiger partial charge in [-0.05, 0) is 43.2 Å². The Morgan fingerprint density at radius 3 is 2.75 bits per heavy atom. The third-order valence-electron chi connectivity index (χ3n) is 3.99. The molecular formula is C15H20N2O3. The first kappa shape index (κ1) is 14.5. The SMILES string of the molecule is CC1CCC(NC(=O)c2ccnc(C(=O)O)c2)C(C)C1. The van der Waals surface area contributed by atoms with Crippen LogP contribution in [0.25, 0.3) is 0 Å². The summed E-state index contributed by atoms with van der Waals surface area (Å²) in [5.74, 6) is -0.193. The van der Waals surface area contributed by atoms with Crippen LogP contribution in [0.5, 0.6) is 0 Å². The summed E-state index contributed by atoms with van der Waals surface area (Å²) in [5, 5.41) is 11.9. The van der Waals surface area contributed by atoms with Gasteiger partial charge in [-0.25, -0.2) is 9.78 Å². The molecule has 1 fully saturated rings. The zero-order chi connectivity index (χ0) is 14.7. The predicted molar refractivity (Wildman–Crippen MR) is 74.6 cm³/mol. The minimum atomic E-state index is -1.13. The maximum Gasteiger partial charge on any atom is 0.354 e. The van der Waals surface area contributed by atoms with Gasteiger partial charge in [0.2, 0.25) is 0 Å². The Hall–Kier alpha value is -1.91. The number of nitrogens with one attached hydrogen (secondary N) is 1. The van der Waals surface area contributed by atoms with Gasteiger partial charge in [0.25, 0.3) is 5.91 Å². The molecule has 1 heterocycles.